The van der Waals surface area contributed by atoms with Crippen LogP contribution in [0.2, 0.25) is 0 Å². The van der Waals surface area contributed by atoms with Crippen LogP contribution in [-0.2, 0) is 13.1 Å². The Labute approximate surface area is 229 Å². The summed E-state index contributed by atoms with van der Waals surface area (Å²) in [6.07, 6.45) is 4.48. The fourth-order valence-corrected chi connectivity index (χ4v) is 6.54. The molecular weight excluding hydrogens is 466 g/mol. The summed E-state index contributed by atoms with van der Waals surface area (Å²) in [7, 11) is 0. The normalized spacial score (nSPS) is 18.6. The molecule has 38 heavy (non-hydrogen) atoms. The van der Waals surface area contributed by atoms with E-state index < -0.39 is 0 Å². The van der Waals surface area contributed by atoms with Gasteiger partial charge in [-0.3, -0.25) is 14.6 Å². The molecule has 2 aliphatic rings. The zero-order valence-corrected chi connectivity index (χ0v) is 23.4. The van der Waals surface area contributed by atoms with Gasteiger partial charge in [0.15, 0.2) is 0 Å². The van der Waals surface area contributed by atoms with Crippen LogP contribution in [0.1, 0.15) is 65.2 Å². The van der Waals surface area contributed by atoms with Gasteiger partial charge < -0.3 is 4.90 Å². The first-order chi connectivity index (χ1) is 18.4. The van der Waals surface area contributed by atoms with Crippen molar-refractivity contribution in [3.63, 3.8) is 0 Å². The van der Waals surface area contributed by atoms with Crippen molar-refractivity contribution in [2.75, 3.05) is 26.2 Å². The Hall–Kier alpha value is -2.95. The molecule has 3 aromatic rings. The van der Waals surface area contributed by atoms with Crippen molar-refractivity contribution in [2.45, 2.75) is 71.1 Å². The number of piperidine rings is 2. The standard InChI is InChI=1S/C34H43N3O/c1-27-11-10-12-28(2)32(27)33(38)35-23-19-34(3,20-24-35)37-21-17-31(18-22-37)36(25-29-13-6-4-7-14-29)26-30-15-8-5-9-16-30/h4-16,31H,17-26H2,1-3H3. The summed E-state index contributed by atoms with van der Waals surface area (Å²) in [6.45, 7) is 12.5. The summed E-state index contributed by atoms with van der Waals surface area (Å²) in [5.74, 6) is 0.207. The quantitative estimate of drug-likeness (QED) is 0.365. The Morgan fingerprint density at radius 2 is 1.26 bits per heavy atom. The van der Waals surface area contributed by atoms with E-state index in [9.17, 15) is 4.79 Å². The third-order valence-electron chi connectivity index (χ3n) is 9.02. The van der Waals surface area contributed by atoms with Gasteiger partial charge in [0.2, 0.25) is 0 Å². The van der Waals surface area contributed by atoms with Crippen LogP contribution in [0.15, 0.2) is 78.9 Å². The van der Waals surface area contributed by atoms with Crippen molar-refractivity contribution in [3.05, 3.63) is 107 Å². The Bertz CT molecular complexity index is 1130. The zero-order chi connectivity index (χ0) is 26.5. The summed E-state index contributed by atoms with van der Waals surface area (Å²) >= 11 is 0. The average molecular weight is 510 g/mol. The van der Waals surface area contributed by atoms with E-state index in [1.807, 2.05) is 6.07 Å². The van der Waals surface area contributed by atoms with Crippen molar-refractivity contribution in [2.24, 2.45) is 0 Å². The molecule has 200 valence electrons. The molecule has 0 unspecified atom stereocenters. The van der Waals surface area contributed by atoms with E-state index in [2.05, 4.69) is 108 Å². The maximum absolute atomic E-state index is 13.4. The second kappa shape index (κ2) is 11.8. The van der Waals surface area contributed by atoms with E-state index in [1.54, 1.807) is 0 Å². The molecule has 0 bridgehead atoms. The topological polar surface area (TPSA) is 26.8 Å². The molecule has 2 saturated heterocycles. The van der Waals surface area contributed by atoms with Crippen molar-refractivity contribution >= 4 is 5.91 Å². The van der Waals surface area contributed by atoms with Gasteiger partial charge in [0.25, 0.3) is 5.91 Å². The molecule has 2 heterocycles. The third-order valence-corrected chi connectivity index (χ3v) is 9.02. The minimum absolute atomic E-state index is 0.173. The van der Waals surface area contributed by atoms with Crippen LogP contribution < -0.4 is 0 Å². The molecule has 0 aliphatic carbocycles. The lowest BCUT2D eigenvalue weighted by Crippen LogP contribution is -2.58. The largest absolute Gasteiger partial charge is 0.338 e. The number of benzene rings is 3. The SMILES string of the molecule is Cc1cccc(C)c1C(=O)N1CCC(C)(N2CCC(N(Cc3ccccc3)Cc3ccccc3)CC2)CC1. The molecule has 0 radical (unpaired) electrons. The van der Waals surface area contributed by atoms with Crippen LogP contribution >= 0.6 is 0 Å². The fraction of sp³-hybridized carbons (Fsp3) is 0.441. The highest BCUT2D eigenvalue weighted by atomic mass is 16.2. The van der Waals surface area contributed by atoms with Gasteiger partial charge in [0.1, 0.15) is 0 Å². The number of carbonyl (C=O) groups is 1. The molecule has 0 spiro atoms. The summed E-state index contributed by atoms with van der Waals surface area (Å²) in [5.41, 5.74) is 6.01. The van der Waals surface area contributed by atoms with Crippen LogP contribution in [0.4, 0.5) is 0 Å². The van der Waals surface area contributed by atoms with E-state index >= 15 is 0 Å². The van der Waals surface area contributed by atoms with E-state index in [1.165, 1.54) is 24.0 Å². The smallest absolute Gasteiger partial charge is 0.254 e. The number of likely N-dealkylation sites (tertiary alicyclic amines) is 2. The monoisotopic (exact) mass is 509 g/mol. The molecule has 0 N–H and O–H groups in total. The highest BCUT2D eigenvalue weighted by Crippen LogP contribution is 2.33. The minimum Gasteiger partial charge on any atom is -0.338 e. The van der Waals surface area contributed by atoms with Crippen LogP contribution in [0.5, 0.6) is 0 Å². The summed E-state index contributed by atoms with van der Waals surface area (Å²) < 4.78 is 0. The Morgan fingerprint density at radius 1 is 0.763 bits per heavy atom. The molecule has 0 atom stereocenters. The van der Waals surface area contributed by atoms with Gasteiger partial charge in [-0.05, 0) is 68.7 Å². The molecule has 2 fully saturated rings. The van der Waals surface area contributed by atoms with Gasteiger partial charge in [-0.25, -0.2) is 0 Å². The van der Waals surface area contributed by atoms with Crippen molar-refractivity contribution in [1.82, 2.24) is 14.7 Å². The average Bonchev–Trinajstić information content (AvgIpc) is 2.94. The Kier molecular flexibility index (Phi) is 8.30. The predicted octanol–water partition coefficient (Wildman–Crippen LogP) is 6.46. The van der Waals surface area contributed by atoms with Gasteiger partial charge >= 0.3 is 0 Å². The lowest BCUT2D eigenvalue weighted by atomic mass is 9.85. The molecule has 0 saturated carbocycles. The predicted molar refractivity (Wildman–Crippen MR) is 156 cm³/mol. The molecule has 4 nitrogen and oxygen atoms in total. The van der Waals surface area contributed by atoms with Gasteiger partial charge in [-0.2, -0.15) is 0 Å². The molecule has 0 aromatic heterocycles. The highest BCUT2D eigenvalue weighted by molar-refractivity contribution is 5.97. The molecule has 3 aromatic carbocycles. The maximum atomic E-state index is 13.4. The van der Waals surface area contributed by atoms with Crippen molar-refractivity contribution < 1.29 is 4.79 Å². The molecular formula is C34H43N3O. The second-order valence-electron chi connectivity index (χ2n) is 11.7. The first-order valence-electron chi connectivity index (χ1n) is 14.4. The Morgan fingerprint density at radius 3 is 1.76 bits per heavy atom. The molecule has 5 rings (SSSR count). The molecule has 4 heteroatoms. The zero-order valence-electron chi connectivity index (χ0n) is 23.4. The lowest BCUT2D eigenvalue weighted by Gasteiger charge is -2.50. The molecule has 1 amide bonds. The van der Waals surface area contributed by atoms with Gasteiger partial charge in [-0.15, -0.1) is 0 Å². The van der Waals surface area contributed by atoms with Crippen LogP contribution in [0.25, 0.3) is 0 Å². The van der Waals surface area contributed by atoms with Crippen LogP contribution in [-0.4, -0.2) is 58.4 Å². The summed E-state index contributed by atoms with van der Waals surface area (Å²) in [4.78, 5) is 20.9. The third kappa shape index (κ3) is 6.03. The van der Waals surface area contributed by atoms with Crippen molar-refractivity contribution in [3.8, 4) is 0 Å². The van der Waals surface area contributed by atoms with E-state index in [0.29, 0.717) is 6.04 Å². The number of hydrogen-bond acceptors (Lipinski definition) is 3. The number of nitrogens with zero attached hydrogens (tertiary/aromatic N) is 3. The van der Waals surface area contributed by atoms with E-state index in [0.717, 1.165) is 68.8 Å². The van der Waals surface area contributed by atoms with Crippen molar-refractivity contribution in [1.29, 1.82) is 0 Å². The molecule has 2 aliphatic heterocycles. The number of aryl methyl sites for hydroxylation is 2. The minimum atomic E-state index is 0.173. The fourth-order valence-electron chi connectivity index (χ4n) is 6.54. The maximum Gasteiger partial charge on any atom is 0.254 e. The first-order valence-corrected chi connectivity index (χ1v) is 14.4. The number of amides is 1. The van der Waals surface area contributed by atoms with E-state index in [-0.39, 0.29) is 11.4 Å². The first kappa shape index (κ1) is 26.6. The van der Waals surface area contributed by atoms with Crippen LogP contribution in [0.3, 0.4) is 0 Å². The summed E-state index contributed by atoms with van der Waals surface area (Å²) in [6, 6.07) is 28.5. The van der Waals surface area contributed by atoms with Gasteiger partial charge in [-0.1, -0.05) is 78.9 Å². The van der Waals surface area contributed by atoms with Crippen LogP contribution in [0, 0.1) is 13.8 Å². The highest BCUT2D eigenvalue weighted by Gasteiger charge is 2.39. The second-order valence-corrected chi connectivity index (χ2v) is 11.7. The summed E-state index contributed by atoms with van der Waals surface area (Å²) in [5, 5.41) is 0. The number of hydrogen-bond donors (Lipinski definition) is 0. The number of rotatable bonds is 7. The van der Waals surface area contributed by atoms with Gasteiger partial charge in [0, 0.05) is 56.4 Å². The number of carbonyl (C=O) groups excluding carboxylic acids is 1. The Balaban J connectivity index is 1.20. The van der Waals surface area contributed by atoms with E-state index in [4.69, 9.17) is 0 Å². The van der Waals surface area contributed by atoms with Gasteiger partial charge in [0.05, 0.1) is 0 Å². The lowest BCUT2D eigenvalue weighted by molar-refractivity contribution is -0.000739.